The highest BCUT2D eigenvalue weighted by molar-refractivity contribution is 5.95. The Labute approximate surface area is 177 Å². The quantitative estimate of drug-likeness (QED) is 0.474. The fraction of sp³-hybridized carbons (Fsp3) is 0.174. The van der Waals surface area contributed by atoms with Gasteiger partial charge in [-0.3, -0.25) is 9.36 Å². The normalized spacial score (nSPS) is 11.8. The zero-order chi connectivity index (χ0) is 22.0. The first-order valence-corrected chi connectivity index (χ1v) is 9.59. The van der Waals surface area contributed by atoms with Crippen LogP contribution in [0.3, 0.4) is 0 Å². The molecule has 0 aliphatic carbocycles. The van der Waals surface area contributed by atoms with E-state index in [1.807, 2.05) is 36.4 Å². The number of ether oxygens (including phenoxy) is 1. The van der Waals surface area contributed by atoms with Crippen LogP contribution in [0.1, 0.15) is 40.4 Å². The molecule has 1 amide bonds. The van der Waals surface area contributed by atoms with Crippen LogP contribution in [0.5, 0.6) is 0 Å². The van der Waals surface area contributed by atoms with Gasteiger partial charge in [0, 0.05) is 17.8 Å². The number of furan rings is 2. The summed E-state index contributed by atoms with van der Waals surface area (Å²) in [4.78, 5) is 24.9. The predicted octanol–water partition coefficient (Wildman–Crippen LogP) is 4.03. The Balaban J connectivity index is 1.42. The van der Waals surface area contributed by atoms with Crippen molar-refractivity contribution in [3.05, 3.63) is 77.5 Å². The van der Waals surface area contributed by atoms with Crippen LogP contribution in [0.15, 0.2) is 63.7 Å². The van der Waals surface area contributed by atoms with Gasteiger partial charge in [0.15, 0.2) is 6.61 Å². The van der Waals surface area contributed by atoms with Gasteiger partial charge in [-0.05, 0) is 38.1 Å². The van der Waals surface area contributed by atoms with E-state index in [9.17, 15) is 14.9 Å². The number of carbonyl (C=O) groups is 2. The molecule has 156 valence electrons. The summed E-state index contributed by atoms with van der Waals surface area (Å²) in [6.07, 6.45) is 3.39. The van der Waals surface area contributed by atoms with Crippen molar-refractivity contribution in [3.63, 3.8) is 0 Å². The smallest absolute Gasteiger partial charge is 0.343 e. The number of carbonyl (C=O) groups excluding carboxylic acids is 2. The van der Waals surface area contributed by atoms with Crippen LogP contribution in [0.2, 0.25) is 0 Å². The first-order valence-electron chi connectivity index (χ1n) is 9.59. The molecule has 0 aliphatic rings. The molecule has 3 heterocycles. The third-order valence-corrected chi connectivity index (χ3v) is 4.80. The third-order valence-electron chi connectivity index (χ3n) is 4.80. The summed E-state index contributed by atoms with van der Waals surface area (Å²) in [6, 6.07) is 14.5. The number of nitriles is 1. The zero-order valence-corrected chi connectivity index (χ0v) is 16.9. The monoisotopic (exact) mass is 417 g/mol. The number of benzene rings is 1. The lowest BCUT2D eigenvalue weighted by molar-refractivity contribution is -0.125. The van der Waals surface area contributed by atoms with E-state index in [2.05, 4.69) is 5.32 Å². The van der Waals surface area contributed by atoms with Crippen molar-refractivity contribution in [2.45, 2.75) is 19.9 Å². The molecular formula is C23H19N3O5. The summed E-state index contributed by atoms with van der Waals surface area (Å²) >= 11 is 0. The average Bonchev–Trinajstić information content (AvgIpc) is 3.49. The highest BCUT2D eigenvalue weighted by Crippen LogP contribution is 2.26. The molecule has 3 aromatic heterocycles. The van der Waals surface area contributed by atoms with Crippen LogP contribution < -0.4 is 5.32 Å². The maximum Gasteiger partial charge on any atom is 0.343 e. The standard InChI is InChI=1S/C23H19N3O5/c1-14(19-11-16-7-3-4-8-18(16)31-19)25-20(27)13-29-23(28)21-15(2)30-22(17(21)12-24)26-9-5-6-10-26/h3-11,14H,13H2,1-2H3,(H,25,27)/t14-/m0/s1. The summed E-state index contributed by atoms with van der Waals surface area (Å²) < 4.78 is 18.0. The first kappa shape index (κ1) is 20.0. The van der Waals surface area contributed by atoms with Gasteiger partial charge in [0.1, 0.15) is 34.3 Å². The molecular weight excluding hydrogens is 398 g/mol. The molecule has 0 fully saturated rings. The van der Waals surface area contributed by atoms with E-state index in [0.29, 0.717) is 5.76 Å². The summed E-state index contributed by atoms with van der Waals surface area (Å²) in [5.41, 5.74) is 0.780. The molecule has 0 spiro atoms. The fourth-order valence-corrected chi connectivity index (χ4v) is 3.30. The molecule has 1 aromatic carbocycles. The third kappa shape index (κ3) is 3.94. The highest BCUT2D eigenvalue weighted by atomic mass is 16.5. The highest BCUT2D eigenvalue weighted by Gasteiger charge is 2.26. The van der Waals surface area contributed by atoms with E-state index < -0.39 is 24.5 Å². The Hall–Kier alpha value is -4.25. The largest absolute Gasteiger partial charge is 0.459 e. The van der Waals surface area contributed by atoms with Gasteiger partial charge in [-0.2, -0.15) is 5.26 Å². The van der Waals surface area contributed by atoms with Crippen LogP contribution in [0, 0.1) is 18.3 Å². The summed E-state index contributed by atoms with van der Waals surface area (Å²) in [5, 5.41) is 13.2. The topological polar surface area (TPSA) is 110 Å². The summed E-state index contributed by atoms with van der Waals surface area (Å²) in [6.45, 7) is 2.83. The Morgan fingerprint density at radius 1 is 1.19 bits per heavy atom. The van der Waals surface area contributed by atoms with Gasteiger partial charge in [0.2, 0.25) is 5.88 Å². The number of hydrogen-bond acceptors (Lipinski definition) is 6. The number of esters is 1. The van der Waals surface area contributed by atoms with E-state index >= 15 is 0 Å². The predicted molar refractivity (Wildman–Crippen MR) is 111 cm³/mol. The maximum atomic E-state index is 12.6. The lowest BCUT2D eigenvalue weighted by Gasteiger charge is -2.11. The molecule has 0 bridgehead atoms. The second kappa shape index (κ2) is 8.24. The van der Waals surface area contributed by atoms with Crippen molar-refractivity contribution in [2.75, 3.05) is 6.61 Å². The summed E-state index contributed by atoms with van der Waals surface area (Å²) in [7, 11) is 0. The van der Waals surface area contributed by atoms with Crippen molar-refractivity contribution < 1.29 is 23.2 Å². The molecule has 0 saturated carbocycles. The molecule has 1 atom stereocenters. The van der Waals surface area contributed by atoms with Crippen LogP contribution in [0.4, 0.5) is 0 Å². The molecule has 0 saturated heterocycles. The SMILES string of the molecule is Cc1oc(-n2cccc2)c(C#N)c1C(=O)OCC(=O)N[C@@H](C)c1cc2ccccc2o1. The molecule has 8 heteroatoms. The van der Waals surface area contributed by atoms with E-state index in [1.165, 1.54) is 0 Å². The molecule has 0 radical (unpaired) electrons. The van der Waals surface area contributed by atoms with Gasteiger partial charge >= 0.3 is 5.97 Å². The van der Waals surface area contributed by atoms with Gasteiger partial charge in [-0.25, -0.2) is 4.79 Å². The van der Waals surface area contributed by atoms with E-state index in [1.54, 1.807) is 42.9 Å². The van der Waals surface area contributed by atoms with Crippen LogP contribution in [-0.4, -0.2) is 23.1 Å². The number of fused-ring (bicyclic) bond motifs is 1. The zero-order valence-electron chi connectivity index (χ0n) is 16.9. The lowest BCUT2D eigenvalue weighted by Crippen LogP contribution is -2.31. The van der Waals surface area contributed by atoms with Crippen molar-refractivity contribution in [2.24, 2.45) is 0 Å². The van der Waals surface area contributed by atoms with E-state index in [0.717, 1.165) is 11.0 Å². The Morgan fingerprint density at radius 3 is 2.65 bits per heavy atom. The van der Waals surface area contributed by atoms with E-state index in [-0.39, 0.29) is 22.8 Å². The Bertz CT molecular complexity index is 1260. The molecule has 0 aliphatic heterocycles. The maximum absolute atomic E-state index is 12.6. The number of amides is 1. The van der Waals surface area contributed by atoms with Crippen LogP contribution in [-0.2, 0) is 9.53 Å². The van der Waals surface area contributed by atoms with Gasteiger partial charge in [0.05, 0.1) is 6.04 Å². The average molecular weight is 417 g/mol. The van der Waals surface area contributed by atoms with E-state index in [4.69, 9.17) is 13.6 Å². The number of aromatic nitrogens is 1. The van der Waals surface area contributed by atoms with Crippen LogP contribution >= 0.6 is 0 Å². The lowest BCUT2D eigenvalue weighted by atomic mass is 10.1. The molecule has 4 aromatic rings. The van der Waals surface area contributed by atoms with Crippen LogP contribution in [0.25, 0.3) is 16.9 Å². The number of para-hydroxylation sites is 1. The number of aryl methyl sites for hydroxylation is 1. The second-order valence-corrected chi connectivity index (χ2v) is 6.97. The summed E-state index contributed by atoms with van der Waals surface area (Å²) in [5.74, 6) is -0.245. The van der Waals surface area contributed by atoms with Gasteiger partial charge in [0.25, 0.3) is 5.91 Å². The minimum atomic E-state index is -0.803. The number of hydrogen-bond donors (Lipinski definition) is 1. The number of rotatable bonds is 6. The number of nitrogens with one attached hydrogen (secondary N) is 1. The van der Waals surface area contributed by atoms with Gasteiger partial charge in [-0.1, -0.05) is 18.2 Å². The minimum Gasteiger partial charge on any atom is -0.459 e. The van der Waals surface area contributed by atoms with Crippen molar-refractivity contribution in [1.82, 2.24) is 9.88 Å². The molecule has 0 unspecified atom stereocenters. The Morgan fingerprint density at radius 2 is 1.94 bits per heavy atom. The van der Waals surface area contributed by atoms with Crippen molar-refractivity contribution in [3.8, 4) is 12.0 Å². The molecule has 4 rings (SSSR count). The van der Waals surface area contributed by atoms with Gasteiger partial charge in [-0.15, -0.1) is 0 Å². The molecule has 1 N–H and O–H groups in total. The second-order valence-electron chi connectivity index (χ2n) is 6.97. The first-order chi connectivity index (χ1) is 15.0. The minimum absolute atomic E-state index is 0.00401. The van der Waals surface area contributed by atoms with Crippen molar-refractivity contribution >= 4 is 22.8 Å². The fourth-order valence-electron chi connectivity index (χ4n) is 3.30. The Kier molecular flexibility index (Phi) is 5.33. The molecule has 31 heavy (non-hydrogen) atoms. The van der Waals surface area contributed by atoms with Gasteiger partial charge < -0.3 is 18.9 Å². The molecule has 8 nitrogen and oxygen atoms in total. The number of nitrogens with zero attached hydrogens (tertiary/aromatic N) is 2. The van der Waals surface area contributed by atoms with Crippen molar-refractivity contribution in [1.29, 1.82) is 5.26 Å².